The van der Waals surface area contributed by atoms with Gasteiger partial charge in [-0.2, -0.15) is 0 Å². The number of hydrogen-bond donors (Lipinski definition) is 0. The van der Waals surface area contributed by atoms with Crippen LogP contribution in [0, 0.1) is 0 Å². The molecule has 1 fully saturated rings. The Labute approximate surface area is 68.4 Å². The molecule has 0 radical (unpaired) electrons. The summed E-state index contributed by atoms with van der Waals surface area (Å²) < 4.78 is 0. The Morgan fingerprint density at radius 1 is 1.55 bits per heavy atom. The SMILES string of the molecule is CN1CCC[C@@H]1C1=CC=CC1. The maximum atomic E-state index is 2.47. The van der Waals surface area contributed by atoms with Crippen LogP contribution in [0.1, 0.15) is 19.3 Å². The van der Waals surface area contributed by atoms with Gasteiger partial charge in [-0.25, -0.2) is 0 Å². The second kappa shape index (κ2) is 2.82. The van der Waals surface area contributed by atoms with Crippen LogP contribution < -0.4 is 0 Å². The van der Waals surface area contributed by atoms with Crippen molar-refractivity contribution >= 4 is 0 Å². The maximum Gasteiger partial charge on any atom is 0.0311 e. The average molecular weight is 149 g/mol. The lowest BCUT2D eigenvalue weighted by atomic mass is 10.0. The van der Waals surface area contributed by atoms with Gasteiger partial charge >= 0.3 is 0 Å². The van der Waals surface area contributed by atoms with E-state index in [2.05, 4.69) is 30.2 Å². The zero-order chi connectivity index (χ0) is 7.68. The largest absolute Gasteiger partial charge is 0.300 e. The second-order valence-electron chi connectivity index (χ2n) is 3.51. The van der Waals surface area contributed by atoms with E-state index in [0.717, 1.165) is 6.04 Å². The second-order valence-corrected chi connectivity index (χ2v) is 3.51. The molecule has 0 aromatic rings. The van der Waals surface area contributed by atoms with Crippen molar-refractivity contribution in [3.63, 3.8) is 0 Å². The van der Waals surface area contributed by atoms with Gasteiger partial charge in [-0.05, 0) is 38.4 Å². The highest BCUT2D eigenvalue weighted by Gasteiger charge is 2.23. The number of hydrogen-bond acceptors (Lipinski definition) is 1. The van der Waals surface area contributed by atoms with E-state index in [9.17, 15) is 0 Å². The van der Waals surface area contributed by atoms with E-state index in [1.165, 1.54) is 25.8 Å². The molecular weight excluding hydrogens is 134 g/mol. The summed E-state index contributed by atoms with van der Waals surface area (Å²) in [5, 5.41) is 0. The summed E-state index contributed by atoms with van der Waals surface area (Å²) >= 11 is 0. The van der Waals surface area contributed by atoms with Crippen molar-refractivity contribution in [1.29, 1.82) is 0 Å². The number of rotatable bonds is 1. The van der Waals surface area contributed by atoms with Crippen LogP contribution in [0.5, 0.6) is 0 Å². The third-order valence-corrected chi connectivity index (χ3v) is 2.75. The van der Waals surface area contributed by atoms with Crippen molar-refractivity contribution in [3.05, 3.63) is 23.8 Å². The number of likely N-dealkylation sites (tertiary alicyclic amines) is 1. The molecule has 1 atom stereocenters. The molecule has 0 unspecified atom stereocenters. The van der Waals surface area contributed by atoms with Crippen LogP contribution in [-0.2, 0) is 0 Å². The Hall–Kier alpha value is -0.560. The van der Waals surface area contributed by atoms with Crippen molar-refractivity contribution in [3.8, 4) is 0 Å². The van der Waals surface area contributed by atoms with Crippen LogP contribution in [0.15, 0.2) is 23.8 Å². The topological polar surface area (TPSA) is 3.24 Å². The van der Waals surface area contributed by atoms with Gasteiger partial charge in [-0.15, -0.1) is 0 Å². The molecule has 11 heavy (non-hydrogen) atoms. The molecule has 60 valence electrons. The van der Waals surface area contributed by atoms with Crippen molar-refractivity contribution in [2.75, 3.05) is 13.6 Å². The van der Waals surface area contributed by atoms with Crippen molar-refractivity contribution in [1.82, 2.24) is 4.90 Å². The highest BCUT2D eigenvalue weighted by atomic mass is 15.1. The molecule has 1 nitrogen and oxygen atoms in total. The molecule has 0 saturated carbocycles. The van der Waals surface area contributed by atoms with Crippen LogP contribution in [0.25, 0.3) is 0 Å². The van der Waals surface area contributed by atoms with Gasteiger partial charge in [0.1, 0.15) is 0 Å². The predicted octanol–water partition coefficient (Wildman–Crippen LogP) is 1.97. The first kappa shape index (κ1) is 7.11. The quantitative estimate of drug-likeness (QED) is 0.551. The van der Waals surface area contributed by atoms with E-state index in [0.29, 0.717) is 0 Å². The summed E-state index contributed by atoms with van der Waals surface area (Å²) in [4.78, 5) is 2.47. The van der Waals surface area contributed by atoms with E-state index in [1.54, 1.807) is 5.57 Å². The smallest absolute Gasteiger partial charge is 0.0311 e. The molecule has 0 aromatic carbocycles. The molecule has 0 N–H and O–H groups in total. The monoisotopic (exact) mass is 149 g/mol. The zero-order valence-electron chi connectivity index (χ0n) is 7.09. The van der Waals surface area contributed by atoms with Gasteiger partial charge in [-0.3, -0.25) is 4.90 Å². The first-order valence-corrected chi connectivity index (χ1v) is 4.44. The number of likely N-dealkylation sites (N-methyl/N-ethyl adjacent to an activating group) is 1. The Kier molecular flexibility index (Phi) is 1.82. The van der Waals surface area contributed by atoms with Gasteiger partial charge in [0.15, 0.2) is 0 Å². The van der Waals surface area contributed by atoms with E-state index in [-0.39, 0.29) is 0 Å². The van der Waals surface area contributed by atoms with E-state index in [1.807, 2.05) is 0 Å². The number of allylic oxidation sites excluding steroid dienone is 3. The molecule has 1 aliphatic heterocycles. The predicted molar refractivity (Wildman–Crippen MR) is 47.5 cm³/mol. The minimum Gasteiger partial charge on any atom is -0.300 e. The summed E-state index contributed by atoms with van der Waals surface area (Å²) in [5.74, 6) is 0. The Morgan fingerprint density at radius 2 is 2.45 bits per heavy atom. The highest BCUT2D eigenvalue weighted by molar-refractivity contribution is 5.27. The fourth-order valence-electron chi connectivity index (χ4n) is 2.09. The average Bonchev–Trinajstić information content (AvgIpc) is 2.55. The van der Waals surface area contributed by atoms with Gasteiger partial charge in [0.05, 0.1) is 0 Å². The van der Waals surface area contributed by atoms with Gasteiger partial charge in [0, 0.05) is 6.04 Å². The Balaban J connectivity index is 2.04. The van der Waals surface area contributed by atoms with Gasteiger partial charge < -0.3 is 0 Å². The molecule has 1 heterocycles. The molecule has 0 amide bonds. The van der Waals surface area contributed by atoms with E-state index >= 15 is 0 Å². The zero-order valence-corrected chi connectivity index (χ0v) is 7.09. The number of nitrogens with zero attached hydrogens (tertiary/aromatic N) is 1. The van der Waals surface area contributed by atoms with Crippen molar-refractivity contribution < 1.29 is 0 Å². The van der Waals surface area contributed by atoms with Crippen LogP contribution in [0.2, 0.25) is 0 Å². The summed E-state index contributed by atoms with van der Waals surface area (Å²) in [6.45, 7) is 1.28. The Bertz CT molecular complexity index is 203. The van der Waals surface area contributed by atoms with Crippen LogP contribution >= 0.6 is 0 Å². The third-order valence-electron chi connectivity index (χ3n) is 2.75. The molecule has 0 spiro atoms. The fourth-order valence-corrected chi connectivity index (χ4v) is 2.09. The third kappa shape index (κ3) is 1.25. The van der Waals surface area contributed by atoms with Gasteiger partial charge in [0.25, 0.3) is 0 Å². The molecule has 2 aliphatic rings. The van der Waals surface area contributed by atoms with Crippen LogP contribution in [0.3, 0.4) is 0 Å². The summed E-state index contributed by atoms with van der Waals surface area (Å²) in [6.07, 6.45) is 10.6. The molecule has 2 rings (SSSR count). The highest BCUT2D eigenvalue weighted by Crippen LogP contribution is 2.26. The first-order chi connectivity index (χ1) is 5.38. The lowest BCUT2D eigenvalue weighted by Crippen LogP contribution is -2.26. The lowest BCUT2D eigenvalue weighted by Gasteiger charge is -2.20. The van der Waals surface area contributed by atoms with Crippen molar-refractivity contribution in [2.24, 2.45) is 0 Å². The van der Waals surface area contributed by atoms with Crippen LogP contribution in [-0.4, -0.2) is 24.5 Å². The minimum absolute atomic E-state index is 0.755. The molecule has 1 saturated heterocycles. The summed E-state index contributed by atoms with van der Waals surface area (Å²) in [5.41, 5.74) is 1.62. The lowest BCUT2D eigenvalue weighted by molar-refractivity contribution is 0.343. The van der Waals surface area contributed by atoms with Gasteiger partial charge in [0.2, 0.25) is 0 Å². The summed E-state index contributed by atoms with van der Waals surface area (Å²) in [6, 6.07) is 0.755. The molecule has 0 bridgehead atoms. The maximum absolute atomic E-state index is 2.47. The summed E-state index contributed by atoms with van der Waals surface area (Å²) in [7, 11) is 2.23. The molecule has 1 aliphatic carbocycles. The minimum atomic E-state index is 0.755. The Morgan fingerprint density at radius 3 is 3.00 bits per heavy atom. The van der Waals surface area contributed by atoms with E-state index < -0.39 is 0 Å². The molecule has 1 heteroatoms. The van der Waals surface area contributed by atoms with Crippen LogP contribution in [0.4, 0.5) is 0 Å². The van der Waals surface area contributed by atoms with Gasteiger partial charge in [-0.1, -0.05) is 18.2 Å². The first-order valence-electron chi connectivity index (χ1n) is 4.44. The standard InChI is InChI=1S/C10H15N/c1-11-8-4-7-10(11)9-5-2-3-6-9/h2-3,5,10H,4,6-8H2,1H3/t10-/m1/s1. The fraction of sp³-hybridized carbons (Fsp3) is 0.600. The van der Waals surface area contributed by atoms with E-state index in [4.69, 9.17) is 0 Å². The van der Waals surface area contributed by atoms with Crippen molar-refractivity contribution in [2.45, 2.75) is 25.3 Å². The molecular formula is C10H15N. The normalized spacial score (nSPS) is 31.4. The molecule has 0 aromatic heterocycles.